The summed E-state index contributed by atoms with van der Waals surface area (Å²) < 4.78 is 17.9. The number of phenolic OH excluding ortho intramolecular Hbond substituents is 2. The molecule has 0 radical (unpaired) electrons. The van der Waals surface area contributed by atoms with Crippen molar-refractivity contribution >= 4 is 0 Å². The highest BCUT2D eigenvalue weighted by Gasteiger charge is 2.21. The minimum atomic E-state index is 0.0152. The van der Waals surface area contributed by atoms with Gasteiger partial charge in [0.15, 0.2) is 17.5 Å². The molecule has 8 nitrogen and oxygen atoms in total. The third kappa shape index (κ3) is 11.4. The van der Waals surface area contributed by atoms with E-state index in [0.717, 1.165) is 69.1 Å². The number of hydrogen-bond acceptors (Lipinski definition) is 8. The summed E-state index contributed by atoms with van der Waals surface area (Å²) in [4.78, 5) is 14.2. The lowest BCUT2D eigenvalue weighted by Crippen LogP contribution is -2.10. The number of hydrogen-bond donors (Lipinski definition) is 2. The zero-order valence-electron chi connectivity index (χ0n) is 30.7. The lowest BCUT2D eigenvalue weighted by molar-refractivity contribution is 0.209. The molecular weight excluding hydrogens is 614 g/mol. The van der Waals surface area contributed by atoms with E-state index in [1.807, 2.05) is 64.1 Å². The average molecular weight is 672 g/mol. The van der Waals surface area contributed by atoms with E-state index in [1.54, 1.807) is 24.3 Å². The largest absolute Gasteiger partial charge is 0.507 e. The molecule has 0 atom stereocenters. The molecule has 49 heavy (non-hydrogen) atoms. The molecule has 2 fully saturated rings. The van der Waals surface area contributed by atoms with Crippen LogP contribution in [-0.4, -0.2) is 44.0 Å². The van der Waals surface area contributed by atoms with Crippen molar-refractivity contribution in [1.82, 2.24) is 15.0 Å². The maximum Gasteiger partial charge on any atom is 0.167 e. The van der Waals surface area contributed by atoms with Crippen molar-refractivity contribution < 1.29 is 24.4 Å². The van der Waals surface area contributed by atoms with Crippen LogP contribution >= 0.6 is 0 Å². The zero-order chi connectivity index (χ0) is 35.6. The number of benzene rings is 3. The standard InChI is InChI=1S/C34H37N3O5.C3H8.2C2H6/c1-2-19-40-23-13-11-22(12-14-23)32-35-33(28-17-15-26(20-30(28)38)41-24-7-3-4-8-24)37-34(36-32)29-18-16-27(21-31(29)39)42-25-9-5-6-10-25;1-3-2;2*1-2/h11-18,20-21,24-25,38-39H,2-10,19H2,1H3;3H2,1-2H3;2*1-2H3. The molecule has 6 rings (SSSR count). The highest BCUT2D eigenvalue weighted by Crippen LogP contribution is 2.37. The Labute approximate surface area is 293 Å². The van der Waals surface area contributed by atoms with Gasteiger partial charge in [-0.25, -0.2) is 15.0 Å². The summed E-state index contributed by atoms with van der Waals surface area (Å²) in [6, 6.07) is 18.0. The minimum absolute atomic E-state index is 0.0152. The maximum absolute atomic E-state index is 11.0. The second-order valence-corrected chi connectivity index (χ2v) is 11.8. The number of nitrogens with zero attached hydrogens (tertiary/aromatic N) is 3. The first-order valence-electron chi connectivity index (χ1n) is 18.5. The molecule has 1 heterocycles. The van der Waals surface area contributed by atoms with E-state index < -0.39 is 0 Å². The normalized spacial score (nSPS) is 14.0. The molecule has 2 aliphatic carbocycles. The Morgan fingerprint density at radius 2 is 0.959 bits per heavy atom. The van der Waals surface area contributed by atoms with E-state index in [1.165, 1.54) is 6.42 Å². The fourth-order valence-corrected chi connectivity index (χ4v) is 5.61. The first kappa shape index (κ1) is 39.1. The predicted molar refractivity (Wildman–Crippen MR) is 200 cm³/mol. The minimum Gasteiger partial charge on any atom is -0.507 e. The van der Waals surface area contributed by atoms with Gasteiger partial charge in [0, 0.05) is 17.7 Å². The van der Waals surface area contributed by atoms with E-state index >= 15 is 0 Å². The molecular formula is C41H57N3O5. The van der Waals surface area contributed by atoms with Crippen LogP contribution in [0.3, 0.4) is 0 Å². The van der Waals surface area contributed by atoms with Crippen molar-refractivity contribution in [3.05, 3.63) is 60.7 Å². The fraction of sp³-hybridized carbons (Fsp3) is 0.488. The van der Waals surface area contributed by atoms with Gasteiger partial charge in [-0.3, -0.25) is 0 Å². The summed E-state index contributed by atoms with van der Waals surface area (Å²) in [5.74, 6) is 3.03. The molecule has 0 spiro atoms. The van der Waals surface area contributed by atoms with Crippen molar-refractivity contribution in [2.45, 2.75) is 125 Å². The quantitative estimate of drug-likeness (QED) is 0.171. The number of rotatable bonds is 10. The molecule has 0 unspecified atom stereocenters. The van der Waals surface area contributed by atoms with Crippen LogP contribution in [0.15, 0.2) is 60.7 Å². The van der Waals surface area contributed by atoms with Gasteiger partial charge in [0.05, 0.1) is 29.9 Å². The first-order valence-corrected chi connectivity index (χ1v) is 18.5. The van der Waals surface area contributed by atoms with Crippen LogP contribution in [0.1, 0.15) is 113 Å². The zero-order valence-corrected chi connectivity index (χ0v) is 30.7. The van der Waals surface area contributed by atoms with E-state index in [9.17, 15) is 10.2 Å². The van der Waals surface area contributed by atoms with Crippen LogP contribution in [0.25, 0.3) is 34.2 Å². The number of aromatic hydroxyl groups is 2. The maximum atomic E-state index is 11.0. The Morgan fingerprint density at radius 3 is 1.35 bits per heavy atom. The Kier molecular flexibility index (Phi) is 16.7. The molecule has 4 aromatic rings. The van der Waals surface area contributed by atoms with Crippen LogP contribution in [0.2, 0.25) is 0 Å². The van der Waals surface area contributed by atoms with Gasteiger partial charge in [0.2, 0.25) is 0 Å². The third-order valence-electron chi connectivity index (χ3n) is 7.85. The van der Waals surface area contributed by atoms with Gasteiger partial charge in [-0.2, -0.15) is 0 Å². The van der Waals surface area contributed by atoms with Gasteiger partial charge in [0.1, 0.15) is 28.7 Å². The van der Waals surface area contributed by atoms with Crippen molar-refractivity contribution in [2.24, 2.45) is 0 Å². The topological polar surface area (TPSA) is 107 Å². The summed E-state index contributed by atoms with van der Waals surface area (Å²) in [5, 5.41) is 22.0. The second-order valence-electron chi connectivity index (χ2n) is 11.8. The molecule has 266 valence electrons. The second kappa shape index (κ2) is 20.9. The highest BCUT2D eigenvalue weighted by atomic mass is 16.5. The summed E-state index contributed by atoms with van der Waals surface area (Å²) in [6.07, 6.45) is 11.3. The Hall–Kier alpha value is -4.33. The SMILES string of the molecule is CC.CC.CCC.CCCOc1ccc(-c2nc(-c3ccc(OC4CCCC4)cc3O)nc(-c3ccc(OC4CCCC4)cc3O)n2)cc1. The molecule has 3 aromatic carbocycles. The molecule has 0 bridgehead atoms. The van der Waals surface area contributed by atoms with Gasteiger partial charge < -0.3 is 24.4 Å². The van der Waals surface area contributed by atoms with Gasteiger partial charge in [-0.1, -0.05) is 54.9 Å². The molecule has 8 heteroatoms. The third-order valence-corrected chi connectivity index (χ3v) is 7.85. The van der Waals surface area contributed by atoms with E-state index in [2.05, 4.69) is 20.8 Å². The molecule has 0 aliphatic heterocycles. The Balaban J connectivity index is 0.000000867. The number of ether oxygens (including phenoxy) is 3. The lowest BCUT2D eigenvalue weighted by atomic mass is 10.1. The van der Waals surface area contributed by atoms with Crippen LogP contribution in [-0.2, 0) is 0 Å². The molecule has 0 amide bonds. The lowest BCUT2D eigenvalue weighted by Gasteiger charge is -2.15. The van der Waals surface area contributed by atoms with Gasteiger partial charge >= 0.3 is 0 Å². The molecule has 2 N–H and O–H groups in total. The first-order chi connectivity index (χ1) is 24.0. The van der Waals surface area contributed by atoms with E-state index in [4.69, 9.17) is 29.2 Å². The van der Waals surface area contributed by atoms with Crippen molar-refractivity contribution in [2.75, 3.05) is 6.61 Å². The summed E-state index contributed by atoms with van der Waals surface area (Å²) in [7, 11) is 0. The van der Waals surface area contributed by atoms with Crippen molar-refractivity contribution in [3.63, 3.8) is 0 Å². The van der Waals surface area contributed by atoms with E-state index in [0.29, 0.717) is 35.1 Å². The number of aromatic nitrogens is 3. The highest BCUT2D eigenvalue weighted by molar-refractivity contribution is 5.73. The van der Waals surface area contributed by atoms with Crippen LogP contribution in [0.4, 0.5) is 0 Å². The summed E-state index contributed by atoms with van der Waals surface area (Å²) in [6.45, 7) is 15.0. The van der Waals surface area contributed by atoms with Crippen LogP contribution in [0.5, 0.6) is 28.7 Å². The van der Waals surface area contributed by atoms with Gasteiger partial charge in [0.25, 0.3) is 0 Å². The Bertz CT molecular complexity index is 1450. The molecule has 0 saturated heterocycles. The van der Waals surface area contributed by atoms with Crippen molar-refractivity contribution in [1.29, 1.82) is 0 Å². The summed E-state index contributed by atoms with van der Waals surface area (Å²) in [5.41, 5.74) is 1.65. The van der Waals surface area contributed by atoms with Gasteiger partial charge in [-0.05, 0) is 106 Å². The fourth-order valence-electron chi connectivity index (χ4n) is 5.61. The van der Waals surface area contributed by atoms with Gasteiger partial charge in [-0.15, -0.1) is 0 Å². The Morgan fingerprint density at radius 1 is 0.571 bits per heavy atom. The average Bonchev–Trinajstić information content (AvgIpc) is 3.85. The van der Waals surface area contributed by atoms with Crippen LogP contribution in [0, 0.1) is 0 Å². The molecule has 2 aliphatic rings. The molecule has 1 aromatic heterocycles. The smallest absolute Gasteiger partial charge is 0.167 e. The predicted octanol–water partition coefficient (Wildman–Crippen LogP) is 11.2. The monoisotopic (exact) mass is 671 g/mol. The van der Waals surface area contributed by atoms with Crippen LogP contribution < -0.4 is 14.2 Å². The number of phenols is 2. The van der Waals surface area contributed by atoms with E-state index in [-0.39, 0.29) is 35.4 Å². The summed E-state index contributed by atoms with van der Waals surface area (Å²) >= 11 is 0. The molecule has 2 saturated carbocycles. The van der Waals surface area contributed by atoms with Crippen molar-refractivity contribution in [3.8, 4) is 62.9 Å².